The molecule has 7 heteroatoms. The maximum Gasteiger partial charge on any atom is 0.174 e. The molecule has 200 valence electrons. The lowest BCUT2D eigenvalue weighted by Gasteiger charge is -2.37. The summed E-state index contributed by atoms with van der Waals surface area (Å²) in [4.78, 5) is 9.41. The quantitative estimate of drug-likeness (QED) is 0.331. The van der Waals surface area contributed by atoms with Crippen molar-refractivity contribution in [2.45, 2.75) is 70.5 Å². The summed E-state index contributed by atoms with van der Waals surface area (Å²) in [6, 6.07) is 15.4. The first-order valence-corrected chi connectivity index (χ1v) is 15.0. The van der Waals surface area contributed by atoms with Crippen LogP contribution in [0.15, 0.2) is 61.1 Å². The summed E-state index contributed by atoms with van der Waals surface area (Å²) in [6.45, 7) is 6.76. The van der Waals surface area contributed by atoms with Crippen LogP contribution in [-0.4, -0.2) is 27.8 Å². The molecule has 2 saturated heterocycles. The lowest BCUT2D eigenvalue weighted by molar-refractivity contribution is 0.353. The van der Waals surface area contributed by atoms with E-state index in [4.69, 9.17) is 28.8 Å². The number of anilines is 2. The lowest BCUT2D eigenvalue weighted by Crippen LogP contribution is -2.38. The Morgan fingerprint density at radius 3 is 2.50 bits per heavy atom. The van der Waals surface area contributed by atoms with Crippen LogP contribution in [0.3, 0.4) is 0 Å². The van der Waals surface area contributed by atoms with Crippen LogP contribution in [0.1, 0.15) is 81.8 Å². The fourth-order valence-corrected chi connectivity index (χ4v) is 7.59. The fourth-order valence-electron chi connectivity index (χ4n) is 6.95. The maximum absolute atomic E-state index is 6.99. The molecule has 0 amide bonds. The van der Waals surface area contributed by atoms with Gasteiger partial charge in [-0.1, -0.05) is 50.8 Å². The molecule has 1 N–H and O–H groups in total. The molecule has 1 aromatic carbocycles. The Kier molecular flexibility index (Phi) is 7.37. The van der Waals surface area contributed by atoms with E-state index in [0.29, 0.717) is 23.0 Å². The van der Waals surface area contributed by atoms with Crippen molar-refractivity contribution in [1.29, 1.82) is 0 Å². The molecule has 0 radical (unpaired) electrons. The third kappa shape index (κ3) is 5.05. The van der Waals surface area contributed by atoms with Crippen LogP contribution < -0.4 is 15.1 Å². The Labute approximate surface area is 237 Å². The summed E-state index contributed by atoms with van der Waals surface area (Å²) < 4.78 is 2.43. The van der Waals surface area contributed by atoms with Crippen molar-refractivity contribution in [3.63, 3.8) is 0 Å². The molecule has 0 bridgehead atoms. The summed E-state index contributed by atoms with van der Waals surface area (Å²) in [5, 5.41) is 5.09. The molecule has 2 aromatic heterocycles. The number of thiocarbonyl (C=S) groups is 1. The van der Waals surface area contributed by atoms with Crippen LogP contribution in [0.25, 0.3) is 0 Å². The number of piperidine rings is 1. The Bertz CT molecular complexity index is 1260. The molecule has 0 unspecified atom stereocenters. The van der Waals surface area contributed by atoms with E-state index in [2.05, 4.69) is 76.3 Å². The number of hydrogen-bond donors (Lipinski definition) is 1. The minimum absolute atomic E-state index is 0.0146. The third-order valence-corrected chi connectivity index (χ3v) is 9.21. The molecule has 2 aliphatic heterocycles. The molecule has 38 heavy (non-hydrogen) atoms. The van der Waals surface area contributed by atoms with Gasteiger partial charge in [-0.25, -0.2) is 0 Å². The lowest BCUT2D eigenvalue weighted by atomic mass is 9.91. The predicted octanol–water partition coefficient (Wildman–Crippen LogP) is 7.70. The van der Waals surface area contributed by atoms with Crippen molar-refractivity contribution < 1.29 is 0 Å². The van der Waals surface area contributed by atoms with Gasteiger partial charge in [-0.3, -0.25) is 4.98 Å². The Morgan fingerprint density at radius 1 is 1.00 bits per heavy atom. The summed E-state index contributed by atoms with van der Waals surface area (Å²) in [5.74, 6) is 1.34. The van der Waals surface area contributed by atoms with Gasteiger partial charge in [-0.2, -0.15) is 0 Å². The topological polar surface area (TPSA) is 36.3 Å². The molecule has 0 spiro atoms. The largest absolute Gasteiger partial charge is 0.370 e. The number of benzene rings is 1. The van der Waals surface area contributed by atoms with Crippen LogP contribution in [0.4, 0.5) is 11.4 Å². The number of nitrogens with one attached hydrogen (secondary N) is 1. The maximum atomic E-state index is 6.99. The first kappa shape index (κ1) is 25.7. The Balaban J connectivity index is 1.35. The minimum Gasteiger partial charge on any atom is -0.370 e. The van der Waals surface area contributed by atoms with Crippen LogP contribution in [0, 0.1) is 11.8 Å². The van der Waals surface area contributed by atoms with Crippen molar-refractivity contribution in [3.8, 4) is 0 Å². The van der Waals surface area contributed by atoms with Gasteiger partial charge in [0.15, 0.2) is 5.11 Å². The van der Waals surface area contributed by atoms with E-state index < -0.39 is 0 Å². The van der Waals surface area contributed by atoms with Crippen LogP contribution in [-0.2, 0) is 0 Å². The molecule has 3 fully saturated rings. The average molecular weight is 548 g/mol. The van der Waals surface area contributed by atoms with Crippen molar-refractivity contribution in [2.75, 3.05) is 22.9 Å². The monoisotopic (exact) mass is 547 g/mol. The summed E-state index contributed by atoms with van der Waals surface area (Å²) in [7, 11) is 0. The highest BCUT2D eigenvalue weighted by molar-refractivity contribution is 7.80. The summed E-state index contributed by atoms with van der Waals surface area (Å²) >= 11 is 13.0. The van der Waals surface area contributed by atoms with Crippen molar-refractivity contribution in [1.82, 2.24) is 14.9 Å². The summed E-state index contributed by atoms with van der Waals surface area (Å²) in [6.07, 6.45) is 14.2. The Hall–Kier alpha value is -2.57. The highest BCUT2D eigenvalue weighted by Crippen LogP contribution is 2.44. The number of hydrogen-bond acceptors (Lipinski definition) is 3. The molecule has 3 aliphatic rings. The van der Waals surface area contributed by atoms with E-state index in [1.807, 2.05) is 18.3 Å². The van der Waals surface area contributed by atoms with Gasteiger partial charge in [0, 0.05) is 43.4 Å². The standard InChI is InChI=1S/C31H38ClN5S/c1-21-16-22(2)19-36(18-21)28-12-11-25(17-26(28)32)37-30(29(34-31(37)38)27-10-6-7-14-33-27)23-13-15-35(20-23)24-8-4-3-5-9-24/h6-7,10-15,17,20-22,24,29-30H,3-5,8-9,16,18-19H2,1-2H3,(H,34,38)/t21-,22+,29-,30-/m0/s1. The number of rotatable bonds is 5. The van der Waals surface area contributed by atoms with E-state index in [1.165, 1.54) is 44.1 Å². The van der Waals surface area contributed by atoms with Gasteiger partial charge < -0.3 is 19.7 Å². The van der Waals surface area contributed by atoms with Gasteiger partial charge in [-0.15, -0.1) is 0 Å². The number of halogens is 1. The Morgan fingerprint density at radius 2 is 1.79 bits per heavy atom. The number of pyridine rings is 1. The fraction of sp³-hybridized carbons (Fsp3) is 0.484. The third-order valence-electron chi connectivity index (χ3n) is 8.59. The van der Waals surface area contributed by atoms with E-state index in [1.54, 1.807) is 0 Å². The minimum atomic E-state index is -0.0480. The van der Waals surface area contributed by atoms with Gasteiger partial charge in [0.25, 0.3) is 0 Å². The summed E-state index contributed by atoms with van der Waals surface area (Å²) in [5.41, 5.74) is 4.38. The van der Waals surface area contributed by atoms with E-state index in [9.17, 15) is 0 Å². The average Bonchev–Trinajstić information content (AvgIpc) is 3.54. The molecular weight excluding hydrogens is 510 g/mol. The second kappa shape index (κ2) is 10.9. The van der Waals surface area contributed by atoms with Crippen molar-refractivity contribution >= 4 is 40.3 Å². The van der Waals surface area contributed by atoms with Gasteiger partial charge >= 0.3 is 0 Å². The predicted molar refractivity (Wildman–Crippen MR) is 161 cm³/mol. The highest BCUT2D eigenvalue weighted by atomic mass is 35.5. The van der Waals surface area contributed by atoms with E-state index in [0.717, 1.165) is 35.2 Å². The first-order chi connectivity index (χ1) is 18.5. The van der Waals surface area contributed by atoms with Gasteiger partial charge in [0.05, 0.1) is 28.5 Å². The van der Waals surface area contributed by atoms with E-state index in [-0.39, 0.29) is 12.1 Å². The first-order valence-electron chi connectivity index (χ1n) is 14.2. The van der Waals surface area contributed by atoms with Gasteiger partial charge in [-0.05, 0) is 85.3 Å². The zero-order chi connectivity index (χ0) is 26.2. The van der Waals surface area contributed by atoms with Gasteiger partial charge in [0.1, 0.15) is 0 Å². The zero-order valence-corrected chi connectivity index (χ0v) is 24.0. The smallest absolute Gasteiger partial charge is 0.174 e. The van der Waals surface area contributed by atoms with Crippen LogP contribution in [0.2, 0.25) is 5.02 Å². The van der Waals surface area contributed by atoms with Crippen LogP contribution >= 0.6 is 23.8 Å². The normalized spacial score (nSPS) is 26.6. The molecule has 1 saturated carbocycles. The second-order valence-electron chi connectivity index (χ2n) is 11.7. The molecule has 3 aromatic rings. The van der Waals surface area contributed by atoms with Crippen molar-refractivity contribution in [2.24, 2.45) is 11.8 Å². The SMILES string of the molecule is C[C@@H]1C[C@H](C)CN(c2ccc(N3C(=S)N[C@@H](c4ccccn4)[C@@H]3c3ccn(C4CCCCC4)c3)cc2Cl)C1. The molecule has 6 rings (SSSR count). The molecule has 5 nitrogen and oxygen atoms in total. The zero-order valence-electron chi connectivity index (χ0n) is 22.4. The molecule has 4 heterocycles. The second-order valence-corrected chi connectivity index (χ2v) is 12.5. The van der Waals surface area contributed by atoms with Crippen LogP contribution in [0.5, 0.6) is 0 Å². The molecular formula is C31H38ClN5S. The van der Waals surface area contributed by atoms with Crippen molar-refractivity contribution in [3.05, 3.63) is 77.3 Å². The highest BCUT2D eigenvalue weighted by Gasteiger charge is 2.41. The van der Waals surface area contributed by atoms with E-state index >= 15 is 0 Å². The van der Waals surface area contributed by atoms with Gasteiger partial charge in [0.2, 0.25) is 0 Å². The number of aromatic nitrogens is 2. The number of nitrogens with zero attached hydrogens (tertiary/aromatic N) is 4. The molecule has 1 aliphatic carbocycles. The molecule has 4 atom stereocenters.